The summed E-state index contributed by atoms with van der Waals surface area (Å²) in [5.41, 5.74) is 3.10. The van der Waals surface area contributed by atoms with Crippen LogP contribution in [0.3, 0.4) is 0 Å². The van der Waals surface area contributed by atoms with Gasteiger partial charge in [-0.05, 0) is 17.2 Å². The van der Waals surface area contributed by atoms with E-state index in [0.29, 0.717) is 13.2 Å². The Morgan fingerprint density at radius 3 is 2.42 bits per heavy atom. The van der Waals surface area contributed by atoms with Crippen molar-refractivity contribution in [3.63, 3.8) is 0 Å². The van der Waals surface area contributed by atoms with E-state index < -0.39 is 0 Å². The zero-order valence-corrected chi connectivity index (χ0v) is 10.7. The molecule has 0 bridgehead atoms. The van der Waals surface area contributed by atoms with E-state index in [1.54, 1.807) is 0 Å². The monoisotopic (exact) mass is 252 g/mol. The van der Waals surface area contributed by atoms with Gasteiger partial charge in [-0.25, -0.2) is 0 Å². The molecule has 2 aromatic rings. The van der Waals surface area contributed by atoms with Gasteiger partial charge in [-0.2, -0.15) is 0 Å². The SMILES string of the molecule is OCC#Cc1ccccc1COCc1ccccc1. The van der Waals surface area contributed by atoms with Gasteiger partial charge in [0.15, 0.2) is 0 Å². The summed E-state index contributed by atoms with van der Waals surface area (Å²) >= 11 is 0. The van der Waals surface area contributed by atoms with Crippen molar-refractivity contribution in [2.24, 2.45) is 0 Å². The second-order valence-electron chi connectivity index (χ2n) is 4.10. The molecule has 2 heteroatoms. The highest BCUT2D eigenvalue weighted by molar-refractivity contribution is 5.41. The van der Waals surface area contributed by atoms with Crippen molar-refractivity contribution in [3.05, 3.63) is 71.3 Å². The molecule has 0 amide bonds. The molecule has 0 unspecified atom stereocenters. The molecule has 0 aliphatic rings. The first-order chi connectivity index (χ1) is 9.40. The fourth-order valence-corrected chi connectivity index (χ4v) is 1.76. The van der Waals surface area contributed by atoms with Crippen molar-refractivity contribution < 1.29 is 9.84 Å². The smallest absolute Gasteiger partial charge is 0.104 e. The van der Waals surface area contributed by atoms with Crippen LogP contribution in [-0.4, -0.2) is 11.7 Å². The minimum atomic E-state index is -0.126. The Hall–Kier alpha value is -2.08. The third-order valence-electron chi connectivity index (χ3n) is 2.69. The fourth-order valence-electron chi connectivity index (χ4n) is 1.76. The first-order valence-electron chi connectivity index (χ1n) is 6.19. The number of aliphatic hydroxyl groups excluding tert-OH is 1. The maximum atomic E-state index is 8.74. The van der Waals surface area contributed by atoms with Crippen LogP contribution in [0.5, 0.6) is 0 Å². The zero-order chi connectivity index (χ0) is 13.3. The number of benzene rings is 2. The topological polar surface area (TPSA) is 29.5 Å². The van der Waals surface area contributed by atoms with E-state index >= 15 is 0 Å². The van der Waals surface area contributed by atoms with E-state index in [-0.39, 0.29) is 6.61 Å². The first-order valence-corrected chi connectivity index (χ1v) is 6.19. The predicted molar refractivity (Wildman–Crippen MR) is 75.3 cm³/mol. The van der Waals surface area contributed by atoms with Crippen molar-refractivity contribution >= 4 is 0 Å². The van der Waals surface area contributed by atoms with E-state index in [2.05, 4.69) is 11.8 Å². The number of aliphatic hydroxyl groups is 1. The fraction of sp³-hybridized carbons (Fsp3) is 0.176. The molecule has 2 rings (SSSR count). The second-order valence-corrected chi connectivity index (χ2v) is 4.10. The molecule has 0 saturated carbocycles. The third kappa shape index (κ3) is 4.26. The van der Waals surface area contributed by atoms with Crippen molar-refractivity contribution in [2.45, 2.75) is 13.2 Å². The molecule has 0 fully saturated rings. The van der Waals surface area contributed by atoms with Crippen molar-refractivity contribution in [1.29, 1.82) is 0 Å². The number of rotatable bonds is 4. The maximum absolute atomic E-state index is 8.74. The second kappa shape index (κ2) is 7.38. The van der Waals surface area contributed by atoms with Gasteiger partial charge in [-0.1, -0.05) is 60.4 Å². The van der Waals surface area contributed by atoms with Crippen LogP contribution in [-0.2, 0) is 18.0 Å². The van der Waals surface area contributed by atoms with Gasteiger partial charge < -0.3 is 9.84 Å². The molecular weight excluding hydrogens is 236 g/mol. The lowest BCUT2D eigenvalue weighted by molar-refractivity contribution is 0.107. The van der Waals surface area contributed by atoms with Crippen LogP contribution in [0, 0.1) is 11.8 Å². The molecule has 0 saturated heterocycles. The number of hydrogen-bond acceptors (Lipinski definition) is 2. The van der Waals surface area contributed by atoms with Crippen molar-refractivity contribution in [2.75, 3.05) is 6.61 Å². The summed E-state index contributed by atoms with van der Waals surface area (Å²) in [6, 6.07) is 17.9. The van der Waals surface area contributed by atoms with Crippen LogP contribution in [0.25, 0.3) is 0 Å². The van der Waals surface area contributed by atoms with E-state index in [1.165, 1.54) is 0 Å². The summed E-state index contributed by atoms with van der Waals surface area (Å²) in [5.74, 6) is 5.59. The molecule has 96 valence electrons. The largest absolute Gasteiger partial charge is 0.384 e. The molecule has 0 aromatic heterocycles. The molecule has 0 aliphatic heterocycles. The molecule has 1 N–H and O–H groups in total. The Balaban J connectivity index is 1.96. The van der Waals surface area contributed by atoms with Gasteiger partial charge in [0, 0.05) is 5.56 Å². The van der Waals surface area contributed by atoms with Gasteiger partial charge in [0.05, 0.1) is 13.2 Å². The summed E-state index contributed by atoms with van der Waals surface area (Å²) < 4.78 is 5.70. The molecule has 0 aliphatic carbocycles. The van der Waals surface area contributed by atoms with E-state index in [9.17, 15) is 0 Å². The zero-order valence-electron chi connectivity index (χ0n) is 10.7. The first kappa shape index (κ1) is 13.4. The summed E-state index contributed by atoms with van der Waals surface area (Å²) in [4.78, 5) is 0. The number of ether oxygens (including phenoxy) is 1. The average Bonchev–Trinajstić information content (AvgIpc) is 2.47. The van der Waals surface area contributed by atoms with E-state index in [4.69, 9.17) is 9.84 Å². The molecule has 0 atom stereocenters. The van der Waals surface area contributed by atoms with Gasteiger partial charge in [0.2, 0.25) is 0 Å². The highest BCUT2D eigenvalue weighted by atomic mass is 16.5. The maximum Gasteiger partial charge on any atom is 0.104 e. The van der Waals surface area contributed by atoms with Gasteiger partial charge in [-0.15, -0.1) is 0 Å². The Morgan fingerprint density at radius 2 is 1.63 bits per heavy atom. The summed E-state index contributed by atoms with van der Waals surface area (Å²) in [7, 11) is 0. The van der Waals surface area contributed by atoms with Gasteiger partial charge >= 0.3 is 0 Å². The number of hydrogen-bond donors (Lipinski definition) is 1. The quantitative estimate of drug-likeness (QED) is 0.848. The lowest BCUT2D eigenvalue weighted by atomic mass is 10.1. The molecule has 0 spiro atoms. The van der Waals surface area contributed by atoms with Crippen molar-refractivity contribution in [1.82, 2.24) is 0 Å². The molecule has 0 radical (unpaired) electrons. The van der Waals surface area contributed by atoms with Crippen LogP contribution in [0.15, 0.2) is 54.6 Å². The standard InChI is InChI=1S/C17H16O2/c18-12-6-11-16-9-4-5-10-17(16)14-19-13-15-7-2-1-3-8-15/h1-5,7-10,18H,12-14H2. The molecule has 2 aromatic carbocycles. The highest BCUT2D eigenvalue weighted by Gasteiger charge is 1.99. The highest BCUT2D eigenvalue weighted by Crippen LogP contribution is 2.10. The van der Waals surface area contributed by atoms with Gasteiger partial charge in [0.1, 0.15) is 6.61 Å². The van der Waals surface area contributed by atoms with E-state index in [1.807, 2.05) is 54.6 Å². The Kier molecular flexibility index (Phi) is 5.18. The molecule has 2 nitrogen and oxygen atoms in total. The Bertz CT molecular complexity index is 565. The minimum Gasteiger partial charge on any atom is -0.384 e. The van der Waals surface area contributed by atoms with E-state index in [0.717, 1.165) is 16.7 Å². The van der Waals surface area contributed by atoms with Crippen LogP contribution >= 0.6 is 0 Å². The van der Waals surface area contributed by atoms with Gasteiger partial charge in [-0.3, -0.25) is 0 Å². The molecular formula is C17H16O2. The minimum absolute atomic E-state index is 0.126. The Morgan fingerprint density at radius 1 is 0.895 bits per heavy atom. The summed E-state index contributed by atoms with van der Waals surface area (Å²) in [6.07, 6.45) is 0. The predicted octanol–water partition coefficient (Wildman–Crippen LogP) is 2.75. The third-order valence-corrected chi connectivity index (χ3v) is 2.69. The normalized spacial score (nSPS) is 9.74. The van der Waals surface area contributed by atoms with Crippen LogP contribution in [0.1, 0.15) is 16.7 Å². The van der Waals surface area contributed by atoms with Crippen LogP contribution < -0.4 is 0 Å². The average molecular weight is 252 g/mol. The molecule has 0 heterocycles. The van der Waals surface area contributed by atoms with Gasteiger partial charge in [0.25, 0.3) is 0 Å². The Labute approximate surface area is 113 Å². The lowest BCUT2D eigenvalue weighted by Gasteiger charge is -2.06. The summed E-state index contributed by atoms with van der Waals surface area (Å²) in [5, 5.41) is 8.74. The van der Waals surface area contributed by atoms with Crippen LogP contribution in [0.4, 0.5) is 0 Å². The molecule has 19 heavy (non-hydrogen) atoms. The van der Waals surface area contributed by atoms with Crippen LogP contribution in [0.2, 0.25) is 0 Å². The van der Waals surface area contributed by atoms with Crippen molar-refractivity contribution in [3.8, 4) is 11.8 Å². The summed E-state index contributed by atoms with van der Waals surface area (Å²) in [6.45, 7) is 0.979. The lowest BCUT2D eigenvalue weighted by Crippen LogP contribution is -1.96.